The van der Waals surface area contributed by atoms with Crippen LogP contribution in [0.4, 0.5) is 0 Å². The summed E-state index contributed by atoms with van der Waals surface area (Å²) in [6.45, 7) is 1.71. The molecule has 0 spiro atoms. The molecule has 0 bridgehead atoms. The number of thiophene rings is 1. The second-order valence-corrected chi connectivity index (χ2v) is 4.88. The lowest BCUT2D eigenvalue weighted by atomic mass is 10.1. The van der Waals surface area contributed by atoms with Crippen molar-refractivity contribution in [2.24, 2.45) is 5.73 Å². The van der Waals surface area contributed by atoms with E-state index >= 15 is 0 Å². The maximum Gasteiger partial charge on any atom is 0.332 e. The van der Waals surface area contributed by atoms with E-state index < -0.39 is 29.9 Å². The van der Waals surface area contributed by atoms with Gasteiger partial charge in [-0.3, -0.25) is 9.59 Å². The Labute approximate surface area is 119 Å². The summed E-state index contributed by atoms with van der Waals surface area (Å²) in [6, 6.07) is 1.26. The van der Waals surface area contributed by atoms with E-state index in [9.17, 15) is 14.4 Å². The van der Waals surface area contributed by atoms with Gasteiger partial charge < -0.3 is 20.9 Å². The van der Waals surface area contributed by atoms with Gasteiger partial charge in [0, 0.05) is 4.88 Å². The molecule has 0 radical (unpaired) electrons. The fourth-order valence-electron chi connectivity index (χ4n) is 1.49. The van der Waals surface area contributed by atoms with Crippen molar-refractivity contribution in [2.45, 2.75) is 25.4 Å². The summed E-state index contributed by atoms with van der Waals surface area (Å²) in [5.74, 6) is -2.67. The summed E-state index contributed by atoms with van der Waals surface area (Å²) >= 11 is 1.31. The predicted molar refractivity (Wildman–Crippen MR) is 72.1 cm³/mol. The van der Waals surface area contributed by atoms with Crippen LogP contribution in [-0.4, -0.2) is 35.6 Å². The Morgan fingerprint density at radius 3 is 2.70 bits per heavy atom. The second kappa shape index (κ2) is 7.61. The van der Waals surface area contributed by atoms with Gasteiger partial charge in [0.1, 0.15) is 0 Å². The Morgan fingerprint density at radius 1 is 1.50 bits per heavy atom. The molecule has 110 valence electrons. The number of ether oxygens (including phenoxy) is 1. The number of hydrogen-bond donors (Lipinski definition) is 3. The fraction of sp³-hybridized carbons (Fsp3) is 0.417. The molecule has 1 rings (SSSR count). The minimum Gasteiger partial charge on any atom is -0.481 e. The van der Waals surface area contributed by atoms with Crippen LogP contribution < -0.4 is 11.1 Å². The fourth-order valence-corrected chi connectivity index (χ4v) is 2.27. The molecule has 0 aliphatic carbocycles. The molecule has 7 nitrogen and oxygen atoms in total. The summed E-state index contributed by atoms with van der Waals surface area (Å²) < 4.78 is 4.64. The molecule has 1 amide bonds. The average molecular weight is 300 g/mol. The molecule has 8 heteroatoms. The quantitative estimate of drug-likeness (QED) is 0.491. The van der Waals surface area contributed by atoms with Crippen LogP contribution in [0.3, 0.4) is 0 Å². The third-order valence-electron chi connectivity index (χ3n) is 2.40. The van der Waals surface area contributed by atoms with Crippen LogP contribution in [0, 0.1) is 0 Å². The van der Waals surface area contributed by atoms with E-state index in [1.54, 1.807) is 24.4 Å². The number of hydrogen-bond acceptors (Lipinski definition) is 6. The highest BCUT2D eigenvalue weighted by Gasteiger charge is 2.27. The van der Waals surface area contributed by atoms with Crippen LogP contribution in [0.25, 0.3) is 0 Å². The lowest BCUT2D eigenvalue weighted by molar-refractivity contribution is -0.148. The third-order valence-corrected chi connectivity index (χ3v) is 3.39. The molecule has 1 aromatic heterocycles. The molecular weight excluding hydrogens is 284 g/mol. The van der Waals surface area contributed by atoms with Crippen LogP contribution in [0.2, 0.25) is 0 Å². The number of esters is 1. The summed E-state index contributed by atoms with van der Waals surface area (Å²) in [5.41, 5.74) is 5.45. The van der Waals surface area contributed by atoms with Crippen LogP contribution >= 0.6 is 11.3 Å². The smallest absolute Gasteiger partial charge is 0.332 e. The van der Waals surface area contributed by atoms with E-state index in [1.165, 1.54) is 11.3 Å². The highest BCUT2D eigenvalue weighted by Crippen LogP contribution is 2.22. The second-order valence-electron chi connectivity index (χ2n) is 3.90. The molecule has 2 atom stereocenters. The molecular formula is C12H16N2O5S. The van der Waals surface area contributed by atoms with E-state index in [1.807, 2.05) is 0 Å². The van der Waals surface area contributed by atoms with Gasteiger partial charge in [-0.25, -0.2) is 4.79 Å². The Morgan fingerprint density at radius 2 is 2.20 bits per heavy atom. The summed E-state index contributed by atoms with van der Waals surface area (Å²) in [5, 5.41) is 13.1. The molecule has 20 heavy (non-hydrogen) atoms. The van der Waals surface area contributed by atoms with Gasteiger partial charge in [0.2, 0.25) is 5.91 Å². The molecule has 0 aromatic carbocycles. The Hall–Kier alpha value is -1.93. The monoisotopic (exact) mass is 300 g/mol. The van der Waals surface area contributed by atoms with Crippen molar-refractivity contribution in [1.29, 1.82) is 0 Å². The summed E-state index contributed by atoms with van der Waals surface area (Å²) in [6.07, 6.45) is -0.290. The SMILES string of the molecule is CCOC(=O)C(N)C(=O)NC(CC(=O)O)c1cccs1. The largest absolute Gasteiger partial charge is 0.481 e. The number of carboxylic acid groups (broad SMARTS) is 1. The highest BCUT2D eigenvalue weighted by molar-refractivity contribution is 7.10. The first-order valence-corrected chi connectivity index (χ1v) is 6.81. The van der Waals surface area contributed by atoms with Crippen LogP contribution in [0.5, 0.6) is 0 Å². The van der Waals surface area contributed by atoms with E-state index in [0.717, 1.165) is 0 Å². The summed E-state index contributed by atoms with van der Waals surface area (Å²) in [4.78, 5) is 34.7. The van der Waals surface area contributed by atoms with Gasteiger partial charge in [-0.2, -0.15) is 0 Å². The van der Waals surface area contributed by atoms with Gasteiger partial charge in [-0.05, 0) is 18.4 Å². The number of carbonyl (C=O) groups is 3. The minimum atomic E-state index is -1.47. The number of nitrogens with one attached hydrogen (secondary N) is 1. The zero-order valence-electron chi connectivity index (χ0n) is 10.9. The minimum absolute atomic E-state index is 0.114. The van der Waals surface area contributed by atoms with Crippen molar-refractivity contribution in [3.8, 4) is 0 Å². The van der Waals surface area contributed by atoms with E-state index in [2.05, 4.69) is 10.1 Å². The molecule has 0 fully saturated rings. The van der Waals surface area contributed by atoms with Crippen molar-refractivity contribution in [3.63, 3.8) is 0 Å². The van der Waals surface area contributed by atoms with Crippen LogP contribution in [0.15, 0.2) is 17.5 Å². The highest BCUT2D eigenvalue weighted by atomic mass is 32.1. The zero-order chi connectivity index (χ0) is 15.1. The van der Waals surface area contributed by atoms with E-state index in [-0.39, 0.29) is 13.0 Å². The van der Waals surface area contributed by atoms with Gasteiger partial charge in [-0.15, -0.1) is 11.3 Å². The van der Waals surface area contributed by atoms with Crippen molar-refractivity contribution >= 4 is 29.2 Å². The Kier molecular flexibility index (Phi) is 6.13. The van der Waals surface area contributed by atoms with Crippen LogP contribution in [0.1, 0.15) is 24.3 Å². The zero-order valence-corrected chi connectivity index (χ0v) is 11.7. The van der Waals surface area contributed by atoms with E-state index in [0.29, 0.717) is 4.88 Å². The van der Waals surface area contributed by atoms with Gasteiger partial charge in [0.05, 0.1) is 19.1 Å². The van der Waals surface area contributed by atoms with E-state index in [4.69, 9.17) is 10.8 Å². The maximum atomic E-state index is 11.8. The molecule has 0 saturated heterocycles. The molecule has 0 saturated carbocycles. The Balaban J connectivity index is 2.72. The maximum absolute atomic E-state index is 11.8. The number of carboxylic acids is 1. The predicted octanol–water partition coefficient (Wildman–Crippen LogP) is 0.271. The molecule has 0 aliphatic heterocycles. The first kappa shape index (κ1) is 16.1. The molecule has 1 aromatic rings. The topological polar surface area (TPSA) is 119 Å². The normalized spacial score (nSPS) is 13.3. The first-order valence-electron chi connectivity index (χ1n) is 5.93. The van der Waals surface area contributed by atoms with Crippen molar-refractivity contribution in [1.82, 2.24) is 5.32 Å². The van der Waals surface area contributed by atoms with Crippen molar-refractivity contribution in [2.75, 3.05) is 6.61 Å². The summed E-state index contributed by atoms with van der Waals surface area (Å²) in [7, 11) is 0. The number of aliphatic carboxylic acids is 1. The number of rotatable bonds is 7. The number of nitrogens with two attached hydrogens (primary N) is 1. The van der Waals surface area contributed by atoms with Gasteiger partial charge >= 0.3 is 11.9 Å². The lowest BCUT2D eigenvalue weighted by Gasteiger charge is -2.18. The molecule has 4 N–H and O–H groups in total. The van der Waals surface area contributed by atoms with Crippen molar-refractivity contribution in [3.05, 3.63) is 22.4 Å². The number of carbonyl (C=O) groups excluding carboxylic acids is 2. The number of amides is 1. The average Bonchev–Trinajstić information content (AvgIpc) is 2.90. The molecule has 1 heterocycles. The Bertz CT molecular complexity index is 474. The van der Waals surface area contributed by atoms with Crippen LogP contribution in [-0.2, 0) is 19.1 Å². The molecule has 2 unspecified atom stereocenters. The third kappa shape index (κ3) is 4.63. The lowest BCUT2D eigenvalue weighted by Crippen LogP contribution is -2.48. The van der Waals surface area contributed by atoms with Gasteiger partial charge in [0.25, 0.3) is 0 Å². The van der Waals surface area contributed by atoms with Crippen molar-refractivity contribution < 1.29 is 24.2 Å². The first-order chi connectivity index (χ1) is 9.45. The van der Waals surface area contributed by atoms with Gasteiger partial charge in [0.15, 0.2) is 6.04 Å². The molecule has 0 aliphatic rings. The standard InChI is InChI=1S/C12H16N2O5S/c1-2-19-12(18)10(13)11(17)14-7(6-9(15)16)8-4-3-5-20-8/h3-5,7,10H,2,6,13H2,1H3,(H,14,17)(H,15,16). The van der Waals surface area contributed by atoms with Gasteiger partial charge in [-0.1, -0.05) is 6.07 Å².